The van der Waals surface area contributed by atoms with Crippen LogP contribution in [0.15, 0.2) is 4.42 Å². The Hall–Kier alpha value is -4.10. The van der Waals surface area contributed by atoms with E-state index in [0.29, 0.717) is 0 Å². The molecule has 0 fully saturated rings. The summed E-state index contributed by atoms with van der Waals surface area (Å²) in [5.41, 5.74) is -6.89. The summed E-state index contributed by atoms with van der Waals surface area (Å²) in [4.78, 5) is 0. The average Bonchev–Trinajstić information content (AvgIpc) is 3.76. The number of rotatable bonds is 4. The van der Waals surface area contributed by atoms with Crippen molar-refractivity contribution in [2.24, 2.45) is 0 Å². The fraction of sp³-hybridized carbons (Fsp3) is 0. The molecule has 0 unspecified atom stereocenters. The number of furan rings is 1. The zero-order chi connectivity index (χ0) is 54.1. The number of hydrogen-bond acceptors (Lipinski definition) is 1. The van der Waals surface area contributed by atoms with E-state index in [1.165, 1.54) is 0 Å². The summed E-state index contributed by atoms with van der Waals surface area (Å²) >= 11 is 0. The normalized spacial score (nSPS) is 11.7. The van der Waals surface area contributed by atoms with E-state index in [1.807, 2.05) is 0 Å². The summed E-state index contributed by atoms with van der Waals surface area (Å²) in [5, 5.41) is -0.114. The molecule has 9 rings (SSSR count). The molecule has 56 radical (unpaired) electrons. The first-order valence-corrected chi connectivity index (χ1v) is 21.2. The zero-order valence-corrected chi connectivity index (χ0v) is 38.6. The SMILES string of the molecule is [B]c1c([B])c([B])c(-c2c([B])c([B])c(-c3c4c([B])c([B])c([B])c([B])c4c(-c4c([B])c([B])c([B])c5oc6c([B])c([B])c([B])c([B])c6c45)c4c([B])c([B])c([B])c([B])c34)c([B])c2-c2c([B])c([B])c([B])c([B])c2[B])c([B])c1[B]. The molecule has 0 aliphatic heterocycles. The van der Waals surface area contributed by atoms with Crippen LogP contribution in [0.4, 0.5) is 0 Å². The molecule has 73 heavy (non-hydrogen) atoms. The first-order valence-electron chi connectivity index (χ1n) is 21.2. The fourth-order valence-electron chi connectivity index (χ4n) is 9.93. The lowest BCUT2D eigenvalue weighted by molar-refractivity contribution is 0.675. The van der Waals surface area contributed by atoms with Gasteiger partial charge in [-0.15, -0.1) is 71.0 Å². The van der Waals surface area contributed by atoms with E-state index in [1.54, 1.807) is 0 Å². The van der Waals surface area contributed by atoms with Gasteiger partial charge >= 0.3 is 0 Å². The van der Waals surface area contributed by atoms with Gasteiger partial charge in [-0.1, -0.05) is 81.9 Å². The second-order valence-corrected chi connectivity index (χ2v) is 17.6. The van der Waals surface area contributed by atoms with Gasteiger partial charge in [0.25, 0.3) is 0 Å². The van der Waals surface area contributed by atoms with Crippen molar-refractivity contribution in [2.45, 2.75) is 0 Å². The Bertz CT molecular complexity index is 3980. The van der Waals surface area contributed by atoms with Gasteiger partial charge in [0.2, 0.25) is 0 Å². The van der Waals surface area contributed by atoms with Gasteiger partial charge in [-0.05, 0) is 66.1 Å². The van der Waals surface area contributed by atoms with Crippen LogP contribution in [0.1, 0.15) is 0 Å². The predicted molar refractivity (Wildman–Crippen MR) is 341 cm³/mol. The van der Waals surface area contributed by atoms with Gasteiger partial charge < -0.3 is 4.42 Å². The van der Waals surface area contributed by atoms with Crippen LogP contribution in [0.2, 0.25) is 0 Å². The van der Waals surface area contributed by atoms with Crippen LogP contribution in [0.3, 0.4) is 0 Å². The summed E-state index contributed by atoms with van der Waals surface area (Å²) in [6.45, 7) is 0. The first kappa shape index (κ1) is 53.7. The van der Waals surface area contributed by atoms with Gasteiger partial charge in [0.1, 0.15) is 231 Å². The number of benzene rings is 8. The fourth-order valence-corrected chi connectivity index (χ4v) is 9.93. The third kappa shape index (κ3) is 7.09. The quantitative estimate of drug-likeness (QED) is 0.127. The van der Waals surface area contributed by atoms with Crippen molar-refractivity contribution < 1.29 is 4.42 Å². The van der Waals surface area contributed by atoms with E-state index in [-0.39, 0.29) is 241 Å². The highest BCUT2D eigenvalue weighted by Crippen LogP contribution is 2.43. The molecule has 1 nitrogen and oxygen atoms in total. The van der Waals surface area contributed by atoms with Crippen molar-refractivity contribution in [3.05, 3.63) is 0 Å². The molecule has 0 spiro atoms. The Kier molecular flexibility index (Phi) is 13.5. The van der Waals surface area contributed by atoms with Crippen molar-refractivity contribution in [3.63, 3.8) is 0 Å². The maximum Gasteiger partial charge on any atom is 0.128 e. The van der Waals surface area contributed by atoms with Crippen molar-refractivity contribution in [2.75, 3.05) is 0 Å². The monoisotopic (exact) mass is 852 g/mol. The molecule has 0 saturated carbocycles. The molecule has 0 saturated heterocycles. The predicted octanol–water partition coefficient (Wildman–Crippen LogP) is -21.2. The maximum absolute atomic E-state index is 7.53. The van der Waals surface area contributed by atoms with Gasteiger partial charge in [-0.25, -0.2) is 0 Å². The Labute approximate surface area is 461 Å². The Balaban J connectivity index is 1.67. The zero-order valence-electron chi connectivity index (χ0n) is 38.6. The molecule has 0 amide bonds. The molecule has 8 aromatic carbocycles. The summed E-state index contributed by atoms with van der Waals surface area (Å²) in [5.74, 6) is 0. The summed E-state index contributed by atoms with van der Waals surface area (Å²) < 4.78 is 6.33. The highest BCUT2D eigenvalue weighted by molar-refractivity contribution is 6.77. The van der Waals surface area contributed by atoms with E-state index >= 15 is 0 Å². The van der Waals surface area contributed by atoms with Crippen molar-refractivity contribution in [1.29, 1.82) is 0 Å². The van der Waals surface area contributed by atoms with E-state index in [4.69, 9.17) is 224 Å². The molecule has 1 aromatic heterocycles. The minimum absolute atomic E-state index is 0.0165. The summed E-state index contributed by atoms with van der Waals surface area (Å²) in [7, 11) is 190. The second-order valence-electron chi connectivity index (χ2n) is 17.6. The third-order valence-corrected chi connectivity index (χ3v) is 14.0. The highest BCUT2D eigenvalue weighted by Gasteiger charge is 2.32. The third-order valence-electron chi connectivity index (χ3n) is 14.0. The van der Waals surface area contributed by atoms with Gasteiger partial charge in [0.05, 0.1) is 0 Å². The molecule has 29 heteroatoms. The van der Waals surface area contributed by atoms with E-state index in [0.717, 1.165) is 0 Å². The molecule has 0 bridgehead atoms. The number of fused-ring (bicyclic) bond motifs is 5. The molecular weight excluding hydrogens is 847 g/mol. The topological polar surface area (TPSA) is 13.1 Å². The van der Waals surface area contributed by atoms with Gasteiger partial charge in [0.15, 0.2) is 0 Å². The van der Waals surface area contributed by atoms with E-state index in [9.17, 15) is 0 Å². The van der Waals surface area contributed by atoms with Crippen LogP contribution in [-0.2, 0) is 0 Å². The number of hydrogen-bond donors (Lipinski definition) is 0. The second kappa shape index (κ2) is 18.3. The lowest BCUT2D eigenvalue weighted by atomic mass is 9.54. The van der Waals surface area contributed by atoms with Crippen molar-refractivity contribution in [1.82, 2.24) is 0 Å². The van der Waals surface area contributed by atoms with Gasteiger partial charge in [-0.3, -0.25) is 0 Å². The smallest absolute Gasteiger partial charge is 0.128 e. The largest absolute Gasteiger partial charge is 0.457 e. The van der Waals surface area contributed by atoms with Crippen LogP contribution in [-0.4, -0.2) is 220 Å². The molecule has 1 heterocycles. The maximum atomic E-state index is 7.53. The highest BCUT2D eigenvalue weighted by atomic mass is 16.3. The van der Waals surface area contributed by atoms with Crippen LogP contribution in [0, 0.1) is 0 Å². The van der Waals surface area contributed by atoms with Gasteiger partial charge in [-0.2, -0.15) is 0 Å². The van der Waals surface area contributed by atoms with Gasteiger partial charge in [0, 0.05) is 10.8 Å². The minimum Gasteiger partial charge on any atom is -0.457 e. The van der Waals surface area contributed by atoms with Crippen LogP contribution < -0.4 is 153 Å². The molecule has 0 atom stereocenters. The summed E-state index contributed by atoms with van der Waals surface area (Å²) in [6, 6.07) is 0. The summed E-state index contributed by atoms with van der Waals surface area (Å²) in [6.07, 6.45) is 0. The van der Waals surface area contributed by atoms with Crippen molar-refractivity contribution >= 4 is 416 Å². The Morgan fingerprint density at radius 1 is 0.123 bits per heavy atom. The molecule has 9 aromatic rings. The average molecular weight is 847 g/mol. The molecule has 0 aliphatic carbocycles. The Morgan fingerprint density at radius 3 is 0.671 bits per heavy atom. The molecule has 266 valence electrons. The van der Waals surface area contributed by atoms with Crippen LogP contribution in [0.25, 0.3) is 88.0 Å². The van der Waals surface area contributed by atoms with E-state index < -0.39 is 0 Å². The standard InChI is InChI=1S/C44B28O/c45-15-8(12-23(53)32(62)38(68)33(63)24(12)54)9(13-25(55)34(64)39(69)35(65)26(13)56)16(46)22(52)11(15)2-5-3(17(47)28(58)30(60)19(5)49)1(4-6(2)20(50)31(61)29(59)18(4)48)7-10-14-27(57)36(66)40(70)42(72)44(14)73-43(10)41(71)37(67)21(7)51. The molecule has 0 aliphatic rings. The van der Waals surface area contributed by atoms with Crippen molar-refractivity contribution in [3.8, 4) is 44.5 Å². The van der Waals surface area contributed by atoms with E-state index in [2.05, 4.69) is 0 Å². The van der Waals surface area contributed by atoms with Crippen LogP contribution in [0.5, 0.6) is 0 Å². The minimum atomic E-state index is -0.329. The van der Waals surface area contributed by atoms with Crippen LogP contribution >= 0.6 is 0 Å². The lowest BCUT2D eigenvalue weighted by Gasteiger charge is -2.34. The first-order chi connectivity index (χ1) is 34.0. The molecule has 0 N–H and O–H groups in total. The lowest BCUT2D eigenvalue weighted by Crippen LogP contribution is -2.57. The molecular formula is C44B28O. The Morgan fingerprint density at radius 2 is 0.315 bits per heavy atom.